The van der Waals surface area contributed by atoms with Gasteiger partial charge < -0.3 is 29.9 Å². The number of rotatable bonds is 13. The number of hydrogen-bond donors (Lipinski definition) is 2. The number of methoxy groups -OCH3 is 1. The molecule has 1 aromatic rings. The molecule has 2 N–H and O–H groups in total. The van der Waals surface area contributed by atoms with E-state index < -0.39 is 0 Å². The average Bonchev–Trinajstić information content (AvgIpc) is 2.78. The summed E-state index contributed by atoms with van der Waals surface area (Å²) in [7, 11) is 1.69. The van der Waals surface area contributed by atoms with Gasteiger partial charge in [-0.3, -0.25) is 0 Å². The Balaban J connectivity index is 1.76. The lowest BCUT2D eigenvalue weighted by atomic mass is 10.1. The Morgan fingerprint density at radius 1 is 1.03 bits per heavy atom. The van der Waals surface area contributed by atoms with E-state index in [4.69, 9.17) is 14.5 Å². The maximum Gasteiger partial charge on any atom is 0.191 e. The zero-order valence-corrected chi connectivity index (χ0v) is 20.1. The van der Waals surface area contributed by atoms with Crippen molar-refractivity contribution in [1.29, 1.82) is 0 Å². The summed E-state index contributed by atoms with van der Waals surface area (Å²) in [5, 5.41) is 6.83. The molecular weight excluding hydrogens is 390 g/mol. The molecule has 0 unspecified atom stereocenters. The number of likely N-dealkylation sites (N-methyl/N-ethyl adjacent to an activating group) is 1. The van der Waals surface area contributed by atoms with Crippen LogP contribution in [0.15, 0.2) is 23.2 Å². The molecule has 0 aliphatic carbocycles. The van der Waals surface area contributed by atoms with E-state index in [1.807, 2.05) is 0 Å². The van der Waals surface area contributed by atoms with E-state index in [-0.39, 0.29) is 0 Å². The Hall–Kier alpha value is -1.83. The van der Waals surface area contributed by atoms with Gasteiger partial charge >= 0.3 is 0 Å². The first-order chi connectivity index (χ1) is 15.2. The Morgan fingerprint density at radius 2 is 1.81 bits per heavy atom. The van der Waals surface area contributed by atoms with Gasteiger partial charge in [0.1, 0.15) is 12.4 Å². The molecule has 1 saturated heterocycles. The molecule has 31 heavy (non-hydrogen) atoms. The third kappa shape index (κ3) is 9.89. The van der Waals surface area contributed by atoms with Crippen LogP contribution in [0.2, 0.25) is 0 Å². The fourth-order valence-electron chi connectivity index (χ4n) is 3.66. The molecule has 1 heterocycles. The number of nitrogens with zero attached hydrogens (tertiary/aromatic N) is 3. The van der Waals surface area contributed by atoms with Crippen molar-refractivity contribution in [2.24, 2.45) is 4.99 Å². The van der Waals surface area contributed by atoms with Crippen molar-refractivity contribution in [1.82, 2.24) is 20.4 Å². The predicted octanol–water partition coefficient (Wildman–Crippen LogP) is 2.49. The van der Waals surface area contributed by atoms with Crippen molar-refractivity contribution >= 4 is 5.96 Å². The number of nitrogens with one attached hydrogen (secondary N) is 2. The van der Waals surface area contributed by atoms with E-state index in [0.717, 1.165) is 36.8 Å². The number of piperazine rings is 1. The van der Waals surface area contributed by atoms with Gasteiger partial charge in [-0.15, -0.1) is 0 Å². The third-order valence-electron chi connectivity index (χ3n) is 5.63. The smallest absolute Gasteiger partial charge is 0.191 e. The van der Waals surface area contributed by atoms with Crippen LogP contribution in [0.1, 0.15) is 37.8 Å². The second-order valence-electron chi connectivity index (χ2n) is 8.06. The number of unbranched alkanes of at least 4 members (excludes halogenated alkanes) is 1. The normalized spacial score (nSPS) is 15.8. The molecule has 7 nitrogen and oxygen atoms in total. The standard InChI is InChI=1S/C24H43N5O2/c1-5-25-24(26-11-7-8-12-29-15-13-28(6-2)14-16-29)27-20-22-10-9-21(3)19-23(22)31-18-17-30-4/h9-10,19H,5-8,11-18,20H2,1-4H3,(H2,25,26,27). The molecule has 0 saturated carbocycles. The molecule has 1 fully saturated rings. The zero-order valence-electron chi connectivity index (χ0n) is 20.1. The van der Waals surface area contributed by atoms with E-state index in [1.165, 1.54) is 51.3 Å². The van der Waals surface area contributed by atoms with E-state index in [0.29, 0.717) is 19.8 Å². The summed E-state index contributed by atoms with van der Waals surface area (Å²) in [5.74, 6) is 1.75. The van der Waals surface area contributed by atoms with Crippen molar-refractivity contribution in [2.45, 2.75) is 40.2 Å². The molecule has 0 atom stereocenters. The summed E-state index contributed by atoms with van der Waals surface area (Å²) < 4.78 is 11.0. The van der Waals surface area contributed by atoms with Gasteiger partial charge in [0.2, 0.25) is 0 Å². The summed E-state index contributed by atoms with van der Waals surface area (Å²) in [4.78, 5) is 9.89. The molecule has 1 aromatic carbocycles. The van der Waals surface area contributed by atoms with Crippen LogP contribution in [-0.2, 0) is 11.3 Å². The lowest BCUT2D eigenvalue weighted by Crippen LogP contribution is -2.46. The molecule has 0 bridgehead atoms. The lowest BCUT2D eigenvalue weighted by Gasteiger charge is -2.34. The molecule has 0 spiro atoms. The average molecular weight is 434 g/mol. The Bertz CT molecular complexity index is 645. The molecule has 7 heteroatoms. The van der Waals surface area contributed by atoms with Crippen molar-refractivity contribution in [3.63, 3.8) is 0 Å². The van der Waals surface area contributed by atoms with Gasteiger partial charge in [-0.05, 0) is 51.4 Å². The number of aryl methyl sites for hydroxylation is 1. The van der Waals surface area contributed by atoms with Crippen molar-refractivity contribution in [3.05, 3.63) is 29.3 Å². The van der Waals surface area contributed by atoms with E-state index in [9.17, 15) is 0 Å². The maximum atomic E-state index is 5.89. The van der Waals surface area contributed by atoms with E-state index >= 15 is 0 Å². The van der Waals surface area contributed by atoms with Gasteiger partial charge in [0.15, 0.2) is 5.96 Å². The van der Waals surface area contributed by atoms with Crippen LogP contribution in [0.4, 0.5) is 0 Å². The summed E-state index contributed by atoms with van der Waals surface area (Å²) in [5.41, 5.74) is 2.27. The minimum absolute atomic E-state index is 0.544. The largest absolute Gasteiger partial charge is 0.491 e. The first kappa shape index (κ1) is 25.4. The number of aliphatic imine (C=N–C) groups is 1. The molecule has 0 amide bonds. The Morgan fingerprint density at radius 3 is 2.52 bits per heavy atom. The SMILES string of the molecule is CCNC(=NCc1ccc(C)cc1OCCOC)NCCCCN1CCN(CC)CC1. The quantitative estimate of drug-likeness (QED) is 0.283. The highest BCUT2D eigenvalue weighted by Gasteiger charge is 2.14. The highest BCUT2D eigenvalue weighted by atomic mass is 16.5. The fourth-order valence-corrected chi connectivity index (χ4v) is 3.66. The Labute approximate surface area is 189 Å². The predicted molar refractivity (Wildman–Crippen MR) is 129 cm³/mol. The van der Waals surface area contributed by atoms with Gasteiger partial charge in [-0.1, -0.05) is 19.1 Å². The third-order valence-corrected chi connectivity index (χ3v) is 5.63. The van der Waals surface area contributed by atoms with Crippen molar-refractivity contribution in [3.8, 4) is 5.75 Å². The highest BCUT2D eigenvalue weighted by molar-refractivity contribution is 5.79. The zero-order chi connectivity index (χ0) is 22.3. The van der Waals surface area contributed by atoms with Gasteiger partial charge in [0.05, 0.1) is 13.2 Å². The minimum atomic E-state index is 0.544. The number of guanidine groups is 1. The topological polar surface area (TPSA) is 61.4 Å². The van der Waals surface area contributed by atoms with E-state index in [2.05, 4.69) is 59.4 Å². The van der Waals surface area contributed by atoms with Crippen LogP contribution in [-0.4, -0.2) is 88.4 Å². The van der Waals surface area contributed by atoms with Crippen LogP contribution >= 0.6 is 0 Å². The molecule has 176 valence electrons. The summed E-state index contributed by atoms with van der Waals surface area (Å²) in [6.07, 6.45) is 2.36. The molecular formula is C24H43N5O2. The van der Waals surface area contributed by atoms with Crippen LogP contribution in [0.5, 0.6) is 5.75 Å². The van der Waals surface area contributed by atoms with Crippen LogP contribution < -0.4 is 15.4 Å². The van der Waals surface area contributed by atoms with Crippen LogP contribution in [0, 0.1) is 6.92 Å². The lowest BCUT2D eigenvalue weighted by molar-refractivity contribution is 0.136. The molecule has 0 aromatic heterocycles. The first-order valence-electron chi connectivity index (χ1n) is 11.8. The van der Waals surface area contributed by atoms with E-state index in [1.54, 1.807) is 7.11 Å². The summed E-state index contributed by atoms with van der Waals surface area (Å²) >= 11 is 0. The number of ether oxygens (including phenoxy) is 2. The van der Waals surface area contributed by atoms with Crippen LogP contribution in [0.3, 0.4) is 0 Å². The molecule has 1 aliphatic rings. The van der Waals surface area contributed by atoms with Crippen LogP contribution in [0.25, 0.3) is 0 Å². The highest BCUT2D eigenvalue weighted by Crippen LogP contribution is 2.21. The van der Waals surface area contributed by atoms with Crippen molar-refractivity contribution < 1.29 is 9.47 Å². The van der Waals surface area contributed by atoms with Gasteiger partial charge in [-0.25, -0.2) is 4.99 Å². The van der Waals surface area contributed by atoms with Gasteiger partial charge in [0, 0.05) is 51.9 Å². The maximum absolute atomic E-state index is 5.89. The molecule has 0 radical (unpaired) electrons. The fraction of sp³-hybridized carbons (Fsp3) is 0.708. The first-order valence-corrected chi connectivity index (χ1v) is 11.8. The molecule has 1 aliphatic heterocycles. The summed E-state index contributed by atoms with van der Waals surface area (Å²) in [6.45, 7) is 17.1. The van der Waals surface area contributed by atoms with Gasteiger partial charge in [-0.2, -0.15) is 0 Å². The van der Waals surface area contributed by atoms with Crippen molar-refractivity contribution in [2.75, 3.05) is 72.7 Å². The molecule has 2 rings (SSSR count). The second kappa shape index (κ2) is 15.1. The Kier molecular flexibility index (Phi) is 12.3. The van der Waals surface area contributed by atoms with Gasteiger partial charge in [0.25, 0.3) is 0 Å². The summed E-state index contributed by atoms with van der Waals surface area (Å²) in [6, 6.07) is 6.28. The monoisotopic (exact) mass is 433 g/mol. The second-order valence-corrected chi connectivity index (χ2v) is 8.06. The number of hydrogen-bond acceptors (Lipinski definition) is 5. The number of benzene rings is 1. The minimum Gasteiger partial charge on any atom is -0.491 e.